The zero-order valence-electron chi connectivity index (χ0n) is 16.4. The Morgan fingerprint density at radius 3 is 2.68 bits per heavy atom. The minimum Gasteiger partial charge on any atom is -1.00 e. The number of nitrogens with one attached hydrogen (secondary N) is 1. The van der Waals surface area contributed by atoms with Gasteiger partial charge in [-0.15, -0.1) is 5.10 Å². The quantitative estimate of drug-likeness (QED) is 0.320. The topological polar surface area (TPSA) is 131 Å². The van der Waals surface area contributed by atoms with Gasteiger partial charge in [-0.3, -0.25) is 14.8 Å². The number of halogens is 1. The first-order chi connectivity index (χ1) is 14.7. The summed E-state index contributed by atoms with van der Waals surface area (Å²) in [6.07, 6.45) is 4.29. The Morgan fingerprint density at radius 2 is 1.94 bits per heavy atom. The van der Waals surface area contributed by atoms with Crippen LogP contribution in [0.15, 0.2) is 59.3 Å². The molecule has 0 radical (unpaired) electrons. The van der Waals surface area contributed by atoms with Gasteiger partial charge >= 0.3 is 0 Å². The highest BCUT2D eigenvalue weighted by molar-refractivity contribution is 5.94. The number of carbonyl (C=O) groups excluding carboxylic acids is 1. The van der Waals surface area contributed by atoms with Crippen LogP contribution >= 0.6 is 0 Å². The van der Waals surface area contributed by atoms with Crippen LogP contribution in [0.3, 0.4) is 0 Å². The molecule has 0 fully saturated rings. The maximum atomic E-state index is 11.9. The number of hydrogen-bond donors (Lipinski definition) is 2. The van der Waals surface area contributed by atoms with Crippen LogP contribution in [0.5, 0.6) is 0 Å². The van der Waals surface area contributed by atoms with Crippen LogP contribution in [0.4, 0.5) is 5.95 Å². The number of fused-ring (bicyclic) bond motifs is 3. The smallest absolute Gasteiger partial charge is 0.281 e. The van der Waals surface area contributed by atoms with Crippen LogP contribution in [-0.4, -0.2) is 41.8 Å². The van der Waals surface area contributed by atoms with Crippen LogP contribution < -0.4 is 23.5 Å². The largest absolute Gasteiger partial charge is 1.00 e. The van der Waals surface area contributed by atoms with Gasteiger partial charge in [0.2, 0.25) is 11.8 Å². The van der Waals surface area contributed by atoms with Gasteiger partial charge in [0.15, 0.2) is 23.6 Å². The molecule has 0 bridgehead atoms. The second kappa shape index (κ2) is 8.54. The first-order valence-electron chi connectivity index (χ1n) is 9.52. The number of rotatable bonds is 6. The van der Waals surface area contributed by atoms with E-state index in [9.17, 15) is 4.79 Å². The molecule has 0 atom stereocenters. The summed E-state index contributed by atoms with van der Waals surface area (Å²) in [6, 6.07) is 13.7. The molecule has 5 aromatic rings. The standard InChI is InChI=1S/C20H18N8O2.ClH/c21-11-16(29)22-20-24-17-14(12-27(25-17)9-8-13-5-2-1-3-6-13)19-23-18(26-28(19)20)15-7-4-10-30-15;/h1-7,10,12H,8-9,11,21H2,(H,22,24,25,29);1H. The summed E-state index contributed by atoms with van der Waals surface area (Å²) in [6.45, 7) is 0.763. The molecular formula is C20H19ClN8O2. The van der Waals surface area contributed by atoms with Crippen molar-refractivity contribution in [2.75, 3.05) is 11.9 Å². The Morgan fingerprint density at radius 1 is 1.10 bits per heavy atom. The van der Waals surface area contributed by atoms with Gasteiger partial charge in [-0.1, -0.05) is 30.3 Å². The van der Waals surface area contributed by atoms with Crippen molar-refractivity contribution >= 4 is 28.5 Å². The lowest BCUT2D eigenvalue weighted by molar-refractivity contribution is -0.353. The number of hydrogen-bond acceptors (Lipinski definition) is 6. The molecule has 11 heteroatoms. The zero-order chi connectivity index (χ0) is 20.5. The van der Waals surface area contributed by atoms with E-state index in [0.717, 1.165) is 11.8 Å². The van der Waals surface area contributed by atoms with E-state index in [-0.39, 0.29) is 30.8 Å². The number of furan rings is 1. The Bertz CT molecular complexity index is 1330. The fraction of sp³-hybridized carbons (Fsp3) is 0.150. The van der Waals surface area contributed by atoms with Crippen LogP contribution in [0.25, 0.3) is 28.3 Å². The minimum atomic E-state index is -0.276. The molecule has 0 saturated heterocycles. The molecule has 4 heterocycles. The number of benzene rings is 1. The summed E-state index contributed by atoms with van der Waals surface area (Å²) in [5.41, 5.74) is 5.85. The summed E-state index contributed by atoms with van der Waals surface area (Å²) in [7, 11) is 0. The Kier molecular flexibility index (Phi) is 5.65. The fourth-order valence-corrected chi connectivity index (χ4v) is 3.21. The van der Waals surface area contributed by atoms with Crippen molar-refractivity contribution in [2.24, 2.45) is 0 Å². The summed E-state index contributed by atoms with van der Waals surface area (Å²) >= 11 is 0. The van der Waals surface area contributed by atoms with Crippen molar-refractivity contribution < 1.29 is 27.4 Å². The first kappa shape index (κ1) is 20.5. The molecule has 0 aliphatic rings. The Labute approximate surface area is 182 Å². The highest BCUT2D eigenvalue weighted by atomic mass is 35.5. The van der Waals surface area contributed by atoms with Crippen molar-refractivity contribution in [3.8, 4) is 11.6 Å². The van der Waals surface area contributed by atoms with E-state index in [1.807, 2.05) is 29.1 Å². The average molecular weight is 439 g/mol. The van der Waals surface area contributed by atoms with Gasteiger partial charge in [0.1, 0.15) is 0 Å². The molecule has 4 N–H and O–H groups in total. The van der Waals surface area contributed by atoms with E-state index < -0.39 is 0 Å². The molecule has 31 heavy (non-hydrogen) atoms. The van der Waals surface area contributed by atoms with Gasteiger partial charge in [-0.2, -0.15) is 14.6 Å². The van der Waals surface area contributed by atoms with Crippen molar-refractivity contribution in [3.05, 3.63) is 60.5 Å². The van der Waals surface area contributed by atoms with E-state index in [1.54, 1.807) is 18.4 Å². The number of carbonyl (C=O) groups is 1. The van der Waals surface area contributed by atoms with Gasteiger partial charge in [0.05, 0.1) is 11.6 Å². The van der Waals surface area contributed by atoms with E-state index in [1.165, 1.54) is 10.1 Å². The van der Waals surface area contributed by atoms with Gasteiger partial charge in [0, 0.05) is 12.7 Å². The molecule has 0 saturated carbocycles. The molecule has 0 aliphatic carbocycles. The van der Waals surface area contributed by atoms with Gasteiger partial charge in [-0.25, -0.2) is 4.98 Å². The highest BCUT2D eigenvalue weighted by Crippen LogP contribution is 2.24. The Balaban J connectivity index is 0.00000231. The predicted octanol–water partition coefficient (Wildman–Crippen LogP) is -1.84. The lowest BCUT2D eigenvalue weighted by atomic mass is 10.1. The maximum Gasteiger partial charge on any atom is 0.281 e. The minimum absolute atomic E-state index is 0. The molecule has 0 aliphatic heterocycles. The number of aryl methyl sites for hydroxylation is 2. The molecule has 0 unspecified atom stereocenters. The summed E-state index contributed by atoms with van der Waals surface area (Å²) in [5.74, 6) is 0.890. The summed E-state index contributed by atoms with van der Waals surface area (Å²) in [5, 5.41) is 12.5. The lowest BCUT2D eigenvalue weighted by Crippen LogP contribution is -3.00. The average Bonchev–Trinajstić information content (AvgIpc) is 3.51. The molecule has 0 spiro atoms. The van der Waals surface area contributed by atoms with Gasteiger partial charge in [-0.05, 0) is 24.1 Å². The molecule has 5 rings (SSSR count). The van der Waals surface area contributed by atoms with Crippen LogP contribution in [0.2, 0.25) is 0 Å². The highest BCUT2D eigenvalue weighted by Gasteiger charge is 2.19. The van der Waals surface area contributed by atoms with Crippen LogP contribution in [-0.2, 0) is 17.8 Å². The normalized spacial score (nSPS) is 11.0. The van der Waals surface area contributed by atoms with E-state index >= 15 is 0 Å². The second-order valence-corrected chi connectivity index (χ2v) is 6.75. The number of aromatic nitrogens is 6. The maximum absolute atomic E-state index is 11.9. The third-order valence-electron chi connectivity index (χ3n) is 4.69. The fourth-order valence-electron chi connectivity index (χ4n) is 3.21. The van der Waals surface area contributed by atoms with E-state index in [4.69, 9.17) is 4.42 Å². The monoisotopic (exact) mass is 438 g/mol. The number of quaternary nitrogens is 1. The third kappa shape index (κ3) is 3.98. The number of nitrogens with zero attached hydrogens (tertiary/aromatic N) is 6. The molecule has 10 nitrogen and oxygen atoms in total. The first-order valence-corrected chi connectivity index (χ1v) is 9.52. The Hall–Kier alpha value is -3.76. The van der Waals surface area contributed by atoms with Crippen LogP contribution in [0.1, 0.15) is 5.56 Å². The second-order valence-electron chi connectivity index (χ2n) is 6.75. The summed E-state index contributed by atoms with van der Waals surface area (Å²) < 4.78 is 8.75. The van der Waals surface area contributed by atoms with Crippen molar-refractivity contribution in [3.63, 3.8) is 0 Å². The van der Waals surface area contributed by atoms with Gasteiger partial charge < -0.3 is 22.6 Å². The number of anilines is 1. The van der Waals surface area contributed by atoms with Crippen LogP contribution in [0, 0.1) is 0 Å². The molecule has 4 aromatic heterocycles. The van der Waals surface area contributed by atoms with E-state index in [2.05, 4.69) is 43.3 Å². The number of amides is 1. The predicted molar refractivity (Wildman–Crippen MR) is 108 cm³/mol. The molecule has 1 aromatic carbocycles. The molecule has 158 valence electrons. The van der Waals surface area contributed by atoms with Crippen molar-refractivity contribution in [2.45, 2.75) is 13.0 Å². The van der Waals surface area contributed by atoms with Crippen molar-refractivity contribution in [1.29, 1.82) is 0 Å². The van der Waals surface area contributed by atoms with E-state index in [0.29, 0.717) is 29.4 Å². The SMILES string of the molecule is [Cl-].[NH3+]CC(=O)Nc1nc2nn(CCc3ccccc3)cc2c2nc(-c3ccco3)nn12. The lowest BCUT2D eigenvalue weighted by Gasteiger charge is -2.03. The summed E-state index contributed by atoms with van der Waals surface area (Å²) in [4.78, 5) is 21.0. The molecular weight excluding hydrogens is 420 g/mol. The zero-order valence-corrected chi connectivity index (χ0v) is 17.2. The molecule has 1 amide bonds. The van der Waals surface area contributed by atoms with Gasteiger partial charge in [0.25, 0.3) is 5.91 Å². The van der Waals surface area contributed by atoms with Crippen molar-refractivity contribution in [1.82, 2.24) is 29.4 Å². The third-order valence-corrected chi connectivity index (χ3v) is 4.69.